The molecule has 0 bridgehead atoms. The molecule has 0 unspecified atom stereocenters. The minimum atomic E-state index is -0.535. The van der Waals surface area contributed by atoms with Crippen molar-refractivity contribution in [3.05, 3.63) is 69.3 Å². The number of aromatic nitrogens is 2. The molecule has 3 rings (SSSR count). The van der Waals surface area contributed by atoms with Gasteiger partial charge in [-0.3, -0.25) is 19.5 Å². The Labute approximate surface area is 155 Å². The van der Waals surface area contributed by atoms with Gasteiger partial charge in [0.1, 0.15) is 18.1 Å². The van der Waals surface area contributed by atoms with Crippen LogP contribution in [0.5, 0.6) is 11.5 Å². The molecule has 3 aromatic rings. The summed E-state index contributed by atoms with van der Waals surface area (Å²) in [5.74, 6) is 1.44. The minimum absolute atomic E-state index is 0.138. The summed E-state index contributed by atoms with van der Waals surface area (Å²) in [6.45, 7) is 3.24. The molecule has 27 heavy (non-hydrogen) atoms. The van der Waals surface area contributed by atoms with Gasteiger partial charge in [0.05, 0.1) is 35.3 Å². The molecule has 0 aliphatic heterocycles. The van der Waals surface area contributed by atoms with Gasteiger partial charge >= 0.3 is 0 Å². The van der Waals surface area contributed by atoms with Crippen LogP contribution >= 0.6 is 0 Å². The Bertz CT molecular complexity index is 998. The SMILES string of the molecule is CCCOc1ccc(OCCn2cnc3ccc([N+](=O)[O-])cc3c2=O)cc1. The predicted octanol–water partition coefficient (Wildman–Crippen LogP) is 3.17. The molecule has 0 atom stereocenters. The Hall–Kier alpha value is -3.42. The largest absolute Gasteiger partial charge is 0.494 e. The third kappa shape index (κ3) is 4.41. The van der Waals surface area contributed by atoms with Crippen LogP contribution in [0.25, 0.3) is 10.9 Å². The van der Waals surface area contributed by atoms with E-state index < -0.39 is 4.92 Å². The number of nitrogens with zero attached hydrogens (tertiary/aromatic N) is 3. The Morgan fingerprint density at radius 2 is 1.74 bits per heavy atom. The smallest absolute Gasteiger partial charge is 0.270 e. The Morgan fingerprint density at radius 1 is 1.07 bits per heavy atom. The van der Waals surface area contributed by atoms with Crippen LogP contribution in [0.1, 0.15) is 13.3 Å². The summed E-state index contributed by atoms with van der Waals surface area (Å²) in [6.07, 6.45) is 2.36. The summed E-state index contributed by atoms with van der Waals surface area (Å²) < 4.78 is 12.5. The monoisotopic (exact) mass is 369 g/mol. The quantitative estimate of drug-likeness (QED) is 0.447. The molecule has 0 radical (unpaired) electrons. The van der Waals surface area contributed by atoms with Crippen molar-refractivity contribution in [1.82, 2.24) is 9.55 Å². The number of hydrogen-bond acceptors (Lipinski definition) is 6. The average molecular weight is 369 g/mol. The van der Waals surface area contributed by atoms with Gasteiger partial charge in [0, 0.05) is 12.1 Å². The second-order valence-electron chi connectivity index (χ2n) is 5.87. The first-order chi connectivity index (χ1) is 13.1. The van der Waals surface area contributed by atoms with E-state index in [-0.39, 0.29) is 29.8 Å². The van der Waals surface area contributed by atoms with Crippen molar-refractivity contribution in [3.63, 3.8) is 0 Å². The van der Waals surface area contributed by atoms with E-state index >= 15 is 0 Å². The highest BCUT2D eigenvalue weighted by Crippen LogP contribution is 2.18. The standard InChI is InChI=1S/C19H19N3O5/c1-2-10-26-15-4-6-16(7-5-15)27-11-9-21-13-20-18-8-3-14(22(24)25)12-17(18)19(21)23/h3-8,12-13H,2,9-11H2,1H3. The van der Waals surface area contributed by atoms with Crippen LogP contribution in [-0.4, -0.2) is 27.7 Å². The molecule has 140 valence electrons. The van der Waals surface area contributed by atoms with E-state index in [1.165, 1.54) is 29.1 Å². The van der Waals surface area contributed by atoms with Crippen LogP contribution in [0, 0.1) is 10.1 Å². The summed E-state index contributed by atoms with van der Waals surface area (Å²) in [6, 6.07) is 11.3. The molecule has 0 N–H and O–H groups in total. The molecular formula is C19H19N3O5. The van der Waals surface area contributed by atoms with Gasteiger partial charge in [-0.1, -0.05) is 6.92 Å². The van der Waals surface area contributed by atoms with Gasteiger partial charge in [-0.2, -0.15) is 0 Å². The second-order valence-corrected chi connectivity index (χ2v) is 5.87. The van der Waals surface area contributed by atoms with Crippen molar-refractivity contribution in [3.8, 4) is 11.5 Å². The van der Waals surface area contributed by atoms with Gasteiger partial charge in [0.25, 0.3) is 11.2 Å². The molecule has 2 aromatic carbocycles. The molecule has 0 amide bonds. The molecule has 0 aliphatic rings. The van der Waals surface area contributed by atoms with Crippen LogP contribution in [0.3, 0.4) is 0 Å². The average Bonchev–Trinajstić information content (AvgIpc) is 2.69. The number of nitro benzene ring substituents is 1. The van der Waals surface area contributed by atoms with Gasteiger partial charge < -0.3 is 9.47 Å². The van der Waals surface area contributed by atoms with Crippen molar-refractivity contribution in [2.75, 3.05) is 13.2 Å². The Morgan fingerprint density at radius 3 is 2.37 bits per heavy atom. The lowest BCUT2D eigenvalue weighted by atomic mass is 10.2. The molecule has 0 spiro atoms. The fraction of sp³-hybridized carbons (Fsp3) is 0.263. The maximum atomic E-state index is 12.5. The Balaban J connectivity index is 1.67. The van der Waals surface area contributed by atoms with E-state index in [1.54, 1.807) is 12.1 Å². The zero-order valence-electron chi connectivity index (χ0n) is 14.8. The van der Waals surface area contributed by atoms with Crippen molar-refractivity contribution >= 4 is 16.6 Å². The van der Waals surface area contributed by atoms with Gasteiger partial charge in [-0.05, 0) is 36.8 Å². The molecule has 8 nitrogen and oxygen atoms in total. The van der Waals surface area contributed by atoms with E-state index in [1.807, 2.05) is 19.1 Å². The lowest BCUT2D eigenvalue weighted by Gasteiger charge is -2.10. The molecular weight excluding hydrogens is 350 g/mol. The number of fused-ring (bicyclic) bond motifs is 1. The van der Waals surface area contributed by atoms with Crippen molar-refractivity contribution in [2.45, 2.75) is 19.9 Å². The minimum Gasteiger partial charge on any atom is -0.494 e. The van der Waals surface area contributed by atoms with Gasteiger partial charge in [0.2, 0.25) is 0 Å². The molecule has 8 heteroatoms. The lowest BCUT2D eigenvalue weighted by Crippen LogP contribution is -2.23. The van der Waals surface area contributed by atoms with Crippen molar-refractivity contribution in [1.29, 1.82) is 0 Å². The first-order valence-corrected chi connectivity index (χ1v) is 8.57. The fourth-order valence-corrected chi connectivity index (χ4v) is 2.53. The number of rotatable bonds is 8. The zero-order valence-corrected chi connectivity index (χ0v) is 14.8. The van der Waals surface area contributed by atoms with Crippen LogP contribution in [0.15, 0.2) is 53.6 Å². The summed E-state index contributed by atoms with van der Waals surface area (Å²) in [7, 11) is 0. The van der Waals surface area contributed by atoms with Gasteiger partial charge in [-0.25, -0.2) is 4.98 Å². The first kappa shape index (κ1) is 18.4. The summed E-state index contributed by atoms with van der Waals surface area (Å²) in [4.78, 5) is 27.1. The number of hydrogen-bond donors (Lipinski definition) is 0. The zero-order chi connectivity index (χ0) is 19.2. The maximum Gasteiger partial charge on any atom is 0.270 e. The highest BCUT2D eigenvalue weighted by molar-refractivity contribution is 5.79. The first-order valence-electron chi connectivity index (χ1n) is 8.57. The predicted molar refractivity (Wildman–Crippen MR) is 100 cm³/mol. The number of ether oxygens (including phenoxy) is 2. The number of benzene rings is 2. The molecule has 1 heterocycles. The number of non-ortho nitro benzene ring substituents is 1. The lowest BCUT2D eigenvalue weighted by molar-refractivity contribution is -0.384. The van der Waals surface area contributed by atoms with E-state index in [4.69, 9.17) is 9.47 Å². The van der Waals surface area contributed by atoms with E-state index in [0.29, 0.717) is 17.9 Å². The third-order valence-corrected chi connectivity index (χ3v) is 3.92. The van der Waals surface area contributed by atoms with Crippen LogP contribution in [-0.2, 0) is 6.54 Å². The molecule has 1 aromatic heterocycles. The molecule has 0 aliphatic carbocycles. The Kier molecular flexibility index (Phi) is 5.65. The van der Waals surface area contributed by atoms with Gasteiger partial charge in [0.15, 0.2) is 0 Å². The van der Waals surface area contributed by atoms with E-state index in [9.17, 15) is 14.9 Å². The number of nitro groups is 1. The summed E-state index contributed by atoms with van der Waals surface area (Å²) in [5.41, 5.74) is -0.0539. The third-order valence-electron chi connectivity index (χ3n) is 3.92. The van der Waals surface area contributed by atoms with E-state index in [0.717, 1.165) is 12.2 Å². The highest BCUT2D eigenvalue weighted by Gasteiger charge is 2.11. The normalized spacial score (nSPS) is 10.7. The highest BCUT2D eigenvalue weighted by atomic mass is 16.6. The maximum absolute atomic E-state index is 12.5. The molecule has 0 saturated heterocycles. The molecule has 0 saturated carbocycles. The summed E-state index contributed by atoms with van der Waals surface area (Å²) >= 11 is 0. The van der Waals surface area contributed by atoms with Crippen LogP contribution < -0.4 is 15.0 Å². The summed E-state index contributed by atoms with van der Waals surface area (Å²) in [5, 5.41) is 11.1. The second kappa shape index (κ2) is 8.31. The van der Waals surface area contributed by atoms with Crippen molar-refractivity contribution < 1.29 is 14.4 Å². The van der Waals surface area contributed by atoms with Crippen molar-refractivity contribution in [2.24, 2.45) is 0 Å². The van der Waals surface area contributed by atoms with Crippen LogP contribution in [0.4, 0.5) is 5.69 Å². The molecule has 0 fully saturated rings. The fourth-order valence-electron chi connectivity index (χ4n) is 2.53. The topological polar surface area (TPSA) is 96.5 Å². The van der Waals surface area contributed by atoms with E-state index in [2.05, 4.69) is 4.98 Å². The van der Waals surface area contributed by atoms with Crippen LogP contribution in [0.2, 0.25) is 0 Å². The van der Waals surface area contributed by atoms with Gasteiger partial charge in [-0.15, -0.1) is 0 Å².